The molecule has 0 saturated carbocycles. The number of aliphatic hydroxyl groups is 2. The molecule has 7 nitrogen and oxygen atoms in total. The normalized spacial score (nSPS) is 20.3. The first-order chi connectivity index (χ1) is 16.4. The van der Waals surface area contributed by atoms with Crippen molar-refractivity contribution in [2.24, 2.45) is 0 Å². The number of hydrogen-bond donors (Lipinski definition) is 2. The van der Waals surface area contributed by atoms with Crippen molar-refractivity contribution in [3.63, 3.8) is 0 Å². The Morgan fingerprint density at radius 3 is 2.60 bits per heavy atom. The van der Waals surface area contributed by atoms with E-state index >= 15 is 0 Å². The van der Waals surface area contributed by atoms with Gasteiger partial charge in [0.25, 0.3) is 5.91 Å². The number of rotatable bonds is 4. The van der Waals surface area contributed by atoms with E-state index in [4.69, 9.17) is 27.3 Å². The maximum absolute atomic E-state index is 13.5. The lowest BCUT2D eigenvalue weighted by atomic mass is 10.0. The number of hydrogen-bond acceptors (Lipinski definition) is 7. The number of aliphatic hydroxyl groups excluding tert-OH is 2. The summed E-state index contributed by atoms with van der Waals surface area (Å²) >= 11 is 6.96. The van der Waals surface area contributed by atoms with Crippen LogP contribution in [0.1, 0.15) is 25.0 Å². The maximum atomic E-state index is 13.5. The standard InChI is InChI=1S/C23H20F3N3O4S2/c1-22(2)20(32)28(13-4-3-12(9-27)15(7-13)23(24,25)26)21(34)29(22)14-5-6-17-19(8-14)35-11-18(33-17)16(31)10-30/h3-8,16,18,30-31H,10-11H2,1-2H3/t16-,18-/m1/s1. The van der Waals surface area contributed by atoms with E-state index in [0.29, 0.717) is 17.2 Å². The van der Waals surface area contributed by atoms with Crippen molar-refractivity contribution >= 4 is 46.4 Å². The molecule has 0 aromatic heterocycles. The highest BCUT2D eigenvalue weighted by Crippen LogP contribution is 2.43. The minimum Gasteiger partial charge on any atom is -0.486 e. The first-order valence-corrected chi connectivity index (χ1v) is 11.8. The number of anilines is 2. The van der Waals surface area contributed by atoms with Crippen LogP contribution < -0.4 is 14.5 Å². The molecule has 1 amide bonds. The average molecular weight is 524 g/mol. The third-order valence-corrected chi connectivity index (χ3v) is 7.33. The Morgan fingerprint density at radius 1 is 1.29 bits per heavy atom. The number of fused-ring (bicyclic) bond motifs is 1. The molecular weight excluding hydrogens is 503 g/mol. The highest BCUT2D eigenvalue weighted by molar-refractivity contribution is 7.99. The van der Waals surface area contributed by atoms with Gasteiger partial charge in [0.2, 0.25) is 0 Å². The molecule has 0 radical (unpaired) electrons. The second-order valence-corrected chi connectivity index (χ2v) is 9.93. The number of nitrogens with zero attached hydrogens (tertiary/aromatic N) is 3. The van der Waals surface area contributed by atoms with Crippen LogP contribution in [0.3, 0.4) is 0 Å². The van der Waals surface area contributed by atoms with E-state index in [-0.39, 0.29) is 10.8 Å². The van der Waals surface area contributed by atoms with Crippen molar-refractivity contribution in [1.29, 1.82) is 5.26 Å². The number of alkyl halides is 3. The SMILES string of the molecule is CC1(C)C(=O)N(c2ccc(C#N)c(C(F)(F)F)c2)C(=S)N1c1ccc2c(c1)SC[C@H]([C@H](O)CO)O2. The summed E-state index contributed by atoms with van der Waals surface area (Å²) in [5.41, 5.74) is -2.46. The minimum absolute atomic E-state index is 0.00640. The lowest BCUT2D eigenvalue weighted by Crippen LogP contribution is -2.44. The molecule has 1 saturated heterocycles. The number of ether oxygens (including phenoxy) is 1. The van der Waals surface area contributed by atoms with Gasteiger partial charge >= 0.3 is 6.18 Å². The number of thioether (sulfide) groups is 1. The molecule has 0 aliphatic carbocycles. The van der Waals surface area contributed by atoms with Crippen LogP contribution in [0.5, 0.6) is 5.75 Å². The number of nitriles is 1. The summed E-state index contributed by atoms with van der Waals surface area (Å²) in [4.78, 5) is 16.7. The fourth-order valence-electron chi connectivity index (χ4n) is 3.98. The number of thiocarbonyl (C=S) groups is 1. The highest BCUT2D eigenvalue weighted by Gasteiger charge is 2.51. The van der Waals surface area contributed by atoms with E-state index in [0.717, 1.165) is 21.9 Å². The van der Waals surface area contributed by atoms with Gasteiger partial charge in [0.1, 0.15) is 23.5 Å². The van der Waals surface area contributed by atoms with Crippen molar-refractivity contribution in [1.82, 2.24) is 0 Å². The van der Waals surface area contributed by atoms with E-state index in [1.165, 1.54) is 23.9 Å². The third kappa shape index (κ3) is 4.33. The van der Waals surface area contributed by atoms with E-state index in [1.807, 2.05) is 0 Å². The van der Waals surface area contributed by atoms with Gasteiger partial charge in [-0.05, 0) is 62.5 Å². The molecule has 2 aromatic rings. The summed E-state index contributed by atoms with van der Waals surface area (Å²) in [6.07, 6.45) is -6.39. The monoisotopic (exact) mass is 523 g/mol. The van der Waals surface area contributed by atoms with E-state index in [2.05, 4.69) is 0 Å². The van der Waals surface area contributed by atoms with Crippen LogP contribution in [0, 0.1) is 11.3 Å². The molecule has 1 fully saturated rings. The Kier molecular flexibility index (Phi) is 6.48. The molecule has 2 aliphatic heterocycles. The Labute approximate surface area is 208 Å². The van der Waals surface area contributed by atoms with Crippen LogP contribution in [-0.2, 0) is 11.0 Å². The number of carbonyl (C=O) groups excluding carboxylic acids is 1. The van der Waals surface area contributed by atoms with Crippen LogP contribution in [0.15, 0.2) is 41.3 Å². The van der Waals surface area contributed by atoms with Gasteiger partial charge in [-0.2, -0.15) is 18.4 Å². The minimum atomic E-state index is -4.78. The van der Waals surface area contributed by atoms with Gasteiger partial charge in [-0.3, -0.25) is 9.69 Å². The summed E-state index contributed by atoms with van der Waals surface area (Å²) in [6.45, 7) is 2.80. The predicted octanol–water partition coefficient (Wildman–Crippen LogP) is 3.70. The number of halogens is 3. The zero-order valence-corrected chi connectivity index (χ0v) is 20.2. The quantitative estimate of drug-likeness (QED) is 0.586. The maximum Gasteiger partial charge on any atom is 0.417 e. The molecule has 2 aromatic carbocycles. The van der Waals surface area contributed by atoms with Crippen molar-refractivity contribution in [3.05, 3.63) is 47.5 Å². The third-order valence-electron chi connectivity index (χ3n) is 5.84. The van der Waals surface area contributed by atoms with Crippen molar-refractivity contribution in [3.8, 4) is 11.8 Å². The van der Waals surface area contributed by atoms with Gasteiger partial charge in [0.15, 0.2) is 5.11 Å². The molecule has 0 unspecified atom stereocenters. The number of benzene rings is 2. The van der Waals surface area contributed by atoms with Gasteiger partial charge in [-0.25, -0.2) is 0 Å². The molecule has 184 valence electrons. The fraction of sp³-hybridized carbons (Fsp3) is 0.348. The van der Waals surface area contributed by atoms with Crippen molar-refractivity contribution < 1.29 is 32.9 Å². The smallest absolute Gasteiger partial charge is 0.417 e. The summed E-state index contributed by atoms with van der Waals surface area (Å²) < 4.78 is 46.3. The fourth-order valence-corrected chi connectivity index (χ4v) is 5.60. The Balaban J connectivity index is 1.70. The van der Waals surface area contributed by atoms with Crippen LogP contribution in [-0.4, -0.2) is 51.3 Å². The summed E-state index contributed by atoms with van der Waals surface area (Å²) in [5, 5.41) is 28.1. The van der Waals surface area contributed by atoms with E-state index < -0.39 is 47.6 Å². The first-order valence-electron chi connectivity index (χ1n) is 10.4. The van der Waals surface area contributed by atoms with Gasteiger partial charge in [0.05, 0.1) is 34.4 Å². The van der Waals surface area contributed by atoms with Crippen molar-refractivity contribution in [2.45, 2.75) is 42.7 Å². The van der Waals surface area contributed by atoms with Crippen molar-refractivity contribution in [2.75, 3.05) is 22.2 Å². The molecule has 2 atom stereocenters. The molecule has 0 spiro atoms. The number of amides is 1. The topological polar surface area (TPSA) is 97.0 Å². The lowest BCUT2D eigenvalue weighted by molar-refractivity contribution is -0.137. The zero-order chi connectivity index (χ0) is 25.7. The molecule has 2 aliphatic rings. The van der Waals surface area contributed by atoms with Gasteiger partial charge < -0.3 is 19.8 Å². The van der Waals surface area contributed by atoms with Crippen LogP contribution >= 0.6 is 24.0 Å². The highest BCUT2D eigenvalue weighted by atomic mass is 32.2. The van der Waals surface area contributed by atoms with E-state index in [9.17, 15) is 23.1 Å². The van der Waals surface area contributed by atoms with Crippen LogP contribution in [0.25, 0.3) is 0 Å². The van der Waals surface area contributed by atoms with E-state index in [1.54, 1.807) is 36.9 Å². The molecular formula is C23H20F3N3O4S2. The Hall–Kier alpha value is -2.85. The molecule has 4 rings (SSSR count). The zero-order valence-electron chi connectivity index (χ0n) is 18.5. The summed E-state index contributed by atoms with van der Waals surface area (Å²) in [5.74, 6) is 0.367. The van der Waals surface area contributed by atoms with Crippen LogP contribution in [0.2, 0.25) is 0 Å². The average Bonchev–Trinajstić information content (AvgIpc) is 3.00. The number of carbonyl (C=O) groups is 1. The van der Waals surface area contributed by atoms with Gasteiger partial charge in [-0.15, -0.1) is 11.8 Å². The first kappa shape index (κ1) is 25.2. The molecule has 2 heterocycles. The largest absolute Gasteiger partial charge is 0.486 e. The molecule has 0 bridgehead atoms. The summed E-state index contributed by atoms with van der Waals surface area (Å²) in [6, 6.07) is 9.64. The van der Waals surface area contributed by atoms with Gasteiger partial charge in [0, 0.05) is 11.4 Å². The Morgan fingerprint density at radius 2 is 1.97 bits per heavy atom. The second-order valence-electron chi connectivity index (χ2n) is 8.51. The molecule has 12 heteroatoms. The lowest BCUT2D eigenvalue weighted by Gasteiger charge is -2.32. The summed E-state index contributed by atoms with van der Waals surface area (Å²) in [7, 11) is 0. The van der Waals surface area contributed by atoms with Gasteiger partial charge in [-0.1, -0.05) is 0 Å². The Bertz CT molecular complexity index is 1250. The molecule has 2 N–H and O–H groups in total. The van der Waals surface area contributed by atoms with Crippen LogP contribution in [0.4, 0.5) is 24.5 Å². The molecule has 35 heavy (non-hydrogen) atoms. The predicted molar refractivity (Wildman–Crippen MR) is 127 cm³/mol. The second kappa shape index (κ2) is 8.98.